The Labute approximate surface area is 134 Å². The lowest BCUT2D eigenvalue weighted by Gasteiger charge is -2.03. The van der Waals surface area contributed by atoms with Crippen molar-refractivity contribution in [3.63, 3.8) is 0 Å². The quantitative estimate of drug-likeness (QED) is 0.567. The van der Waals surface area contributed by atoms with E-state index in [9.17, 15) is 0 Å². The van der Waals surface area contributed by atoms with Crippen molar-refractivity contribution in [2.45, 2.75) is 19.9 Å². The zero-order valence-electron chi connectivity index (χ0n) is 12.5. The molecule has 0 saturated heterocycles. The molecule has 1 heterocycles. The lowest BCUT2D eigenvalue weighted by atomic mass is 10.2. The molecule has 5 heteroatoms. The summed E-state index contributed by atoms with van der Waals surface area (Å²) in [4.78, 5) is 12.3. The number of imidazole rings is 1. The van der Waals surface area contributed by atoms with Crippen LogP contribution >= 0.6 is 11.6 Å². The Morgan fingerprint density at radius 3 is 2.77 bits per heavy atom. The van der Waals surface area contributed by atoms with Gasteiger partial charge in [-0.25, -0.2) is 4.98 Å². The van der Waals surface area contributed by atoms with Gasteiger partial charge in [-0.05, 0) is 44.2 Å². The lowest BCUT2D eigenvalue weighted by Crippen LogP contribution is -2.15. The molecule has 0 saturated carbocycles. The molecule has 0 radical (unpaired) electrons. The summed E-state index contributed by atoms with van der Waals surface area (Å²) in [6, 6.07) is 13.6. The molecule has 0 aliphatic rings. The second-order valence-electron chi connectivity index (χ2n) is 5.44. The van der Waals surface area contributed by atoms with E-state index in [1.165, 1.54) is 0 Å². The van der Waals surface area contributed by atoms with Crippen LogP contribution < -0.4 is 5.73 Å². The topological polar surface area (TPSA) is 67.1 Å². The zero-order valence-corrected chi connectivity index (χ0v) is 13.2. The van der Waals surface area contributed by atoms with Crippen molar-refractivity contribution in [2.24, 2.45) is 10.7 Å². The highest BCUT2D eigenvalue weighted by atomic mass is 35.5. The first-order valence-corrected chi connectivity index (χ1v) is 7.50. The Morgan fingerprint density at radius 2 is 2.05 bits per heavy atom. The van der Waals surface area contributed by atoms with Gasteiger partial charge in [0.05, 0.1) is 11.0 Å². The highest BCUT2D eigenvalue weighted by Crippen LogP contribution is 2.23. The van der Waals surface area contributed by atoms with Crippen molar-refractivity contribution in [1.29, 1.82) is 0 Å². The van der Waals surface area contributed by atoms with E-state index in [0.717, 1.165) is 28.0 Å². The number of hydrogen-bond donors (Lipinski definition) is 2. The van der Waals surface area contributed by atoms with Crippen LogP contribution in [0.4, 0.5) is 0 Å². The van der Waals surface area contributed by atoms with Crippen LogP contribution in [-0.4, -0.2) is 21.8 Å². The number of nitrogens with one attached hydrogen (secondary N) is 1. The standard InChI is InChI=1S/C17H17ClN4/c1-10(2)20-16(19)11-6-7-14-15(9-11)22-17(21-14)12-4-3-5-13(18)8-12/h3-10H,1-2H3,(H2,19,20)(H,21,22). The molecular formula is C17H17ClN4. The molecule has 0 aliphatic carbocycles. The Morgan fingerprint density at radius 1 is 1.23 bits per heavy atom. The molecule has 3 aromatic rings. The first-order chi connectivity index (χ1) is 10.5. The van der Waals surface area contributed by atoms with Crippen molar-refractivity contribution in [2.75, 3.05) is 0 Å². The number of amidine groups is 1. The zero-order chi connectivity index (χ0) is 15.7. The SMILES string of the molecule is CC(C)N=C(N)c1ccc2nc(-c3cccc(Cl)c3)[nH]c2c1. The number of halogens is 1. The van der Waals surface area contributed by atoms with Gasteiger partial charge < -0.3 is 10.7 Å². The summed E-state index contributed by atoms with van der Waals surface area (Å²) in [5.74, 6) is 1.32. The maximum Gasteiger partial charge on any atom is 0.138 e. The number of fused-ring (bicyclic) bond motifs is 1. The molecule has 0 bridgehead atoms. The van der Waals surface area contributed by atoms with Crippen LogP contribution in [0.5, 0.6) is 0 Å². The predicted octanol–water partition coefficient (Wildman–Crippen LogP) is 4.00. The van der Waals surface area contributed by atoms with Crippen LogP contribution in [0.1, 0.15) is 19.4 Å². The van der Waals surface area contributed by atoms with Crippen molar-refractivity contribution < 1.29 is 0 Å². The summed E-state index contributed by atoms with van der Waals surface area (Å²) in [7, 11) is 0. The van der Waals surface area contributed by atoms with Crippen molar-refractivity contribution in [1.82, 2.24) is 9.97 Å². The molecule has 1 aromatic heterocycles. The fourth-order valence-corrected chi connectivity index (χ4v) is 2.48. The third-order valence-electron chi connectivity index (χ3n) is 3.27. The molecule has 0 spiro atoms. The van der Waals surface area contributed by atoms with Gasteiger partial charge in [0.2, 0.25) is 0 Å². The Kier molecular flexibility index (Phi) is 3.86. The van der Waals surface area contributed by atoms with Gasteiger partial charge in [0.1, 0.15) is 11.7 Å². The molecule has 3 rings (SSSR count). The summed E-state index contributed by atoms with van der Waals surface area (Å²) in [5.41, 5.74) is 9.68. The number of rotatable bonds is 3. The van der Waals surface area contributed by atoms with Gasteiger partial charge in [-0.15, -0.1) is 0 Å². The summed E-state index contributed by atoms with van der Waals surface area (Å²) in [6.45, 7) is 4.00. The van der Waals surface area contributed by atoms with E-state index in [4.69, 9.17) is 17.3 Å². The average molecular weight is 313 g/mol. The molecule has 0 aliphatic heterocycles. The molecule has 22 heavy (non-hydrogen) atoms. The van der Waals surface area contributed by atoms with E-state index >= 15 is 0 Å². The van der Waals surface area contributed by atoms with Gasteiger partial charge in [0, 0.05) is 22.2 Å². The van der Waals surface area contributed by atoms with E-state index in [2.05, 4.69) is 15.0 Å². The second-order valence-corrected chi connectivity index (χ2v) is 5.87. The number of H-pyrrole nitrogens is 1. The second kappa shape index (κ2) is 5.81. The van der Waals surface area contributed by atoms with Crippen LogP contribution in [0.15, 0.2) is 47.5 Å². The molecule has 0 unspecified atom stereocenters. The smallest absolute Gasteiger partial charge is 0.138 e. The third-order valence-corrected chi connectivity index (χ3v) is 3.51. The van der Waals surface area contributed by atoms with E-state index in [-0.39, 0.29) is 6.04 Å². The maximum atomic E-state index is 6.03. The van der Waals surface area contributed by atoms with Crippen LogP contribution in [-0.2, 0) is 0 Å². The Hall–Kier alpha value is -2.33. The summed E-state index contributed by atoms with van der Waals surface area (Å²) >= 11 is 6.03. The van der Waals surface area contributed by atoms with Gasteiger partial charge in [0.15, 0.2) is 0 Å². The fourth-order valence-electron chi connectivity index (χ4n) is 2.29. The van der Waals surface area contributed by atoms with E-state index in [1.807, 2.05) is 56.3 Å². The first kappa shape index (κ1) is 14.6. The number of hydrogen-bond acceptors (Lipinski definition) is 2. The minimum absolute atomic E-state index is 0.166. The fraction of sp³-hybridized carbons (Fsp3) is 0.176. The van der Waals surface area contributed by atoms with Gasteiger partial charge in [-0.3, -0.25) is 4.99 Å². The number of nitrogens with zero attached hydrogens (tertiary/aromatic N) is 2. The normalized spacial score (nSPS) is 12.3. The third kappa shape index (κ3) is 2.97. The Bertz CT molecular complexity index is 849. The van der Waals surface area contributed by atoms with Crippen LogP contribution in [0, 0.1) is 0 Å². The average Bonchev–Trinajstić information content (AvgIpc) is 2.89. The number of nitrogens with two attached hydrogens (primary N) is 1. The maximum absolute atomic E-state index is 6.03. The molecule has 2 aromatic carbocycles. The minimum atomic E-state index is 0.166. The molecular weight excluding hydrogens is 296 g/mol. The van der Waals surface area contributed by atoms with Gasteiger partial charge in [0.25, 0.3) is 0 Å². The number of benzene rings is 2. The van der Waals surface area contributed by atoms with Crippen LogP contribution in [0.3, 0.4) is 0 Å². The van der Waals surface area contributed by atoms with Gasteiger partial charge in [-0.1, -0.05) is 23.7 Å². The van der Waals surface area contributed by atoms with Crippen LogP contribution in [0.25, 0.3) is 22.4 Å². The molecule has 0 amide bonds. The van der Waals surface area contributed by atoms with Gasteiger partial charge >= 0.3 is 0 Å². The molecule has 0 fully saturated rings. The monoisotopic (exact) mass is 312 g/mol. The predicted molar refractivity (Wildman–Crippen MR) is 92.4 cm³/mol. The van der Waals surface area contributed by atoms with E-state index in [0.29, 0.717) is 10.9 Å². The number of aromatic amines is 1. The minimum Gasteiger partial charge on any atom is -0.383 e. The van der Waals surface area contributed by atoms with Crippen molar-refractivity contribution >= 4 is 28.5 Å². The van der Waals surface area contributed by atoms with Gasteiger partial charge in [-0.2, -0.15) is 0 Å². The number of aromatic nitrogens is 2. The summed E-state index contributed by atoms with van der Waals surface area (Å²) in [6.07, 6.45) is 0. The first-order valence-electron chi connectivity index (χ1n) is 7.12. The molecule has 0 atom stereocenters. The largest absolute Gasteiger partial charge is 0.383 e. The highest BCUT2D eigenvalue weighted by Gasteiger charge is 2.08. The van der Waals surface area contributed by atoms with Crippen molar-refractivity contribution in [3.8, 4) is 11.4 Å². The summed E-state index contributed by atoms with van der Waals surface area (Å²) in [5, 5.41) is 0.687. The highest BCUT2D eigenvalue weighted by molar-refractivity contribution is 6.30. The molecule has 4 nitrogen and oxygen atoms in total. The lowest BCUT2D eigenvalue weighted by molar-refractivity contribution is 0.834. The van der Waals surface area contributed by atoms with Crippen molar-refractivity contribution in [3.05, 3.63) is 53.1 Å². The Balaban J connectivity index is 2.04. The van der Waals surface area contributed by atoms with E-state index < -0.39 is 0 Å². The number of aliphatic imine (C=N–C) groups is 1. The molecule has 3 N–H and O–H groups in total. The molecule has 112 valence electrons. The van der Waals surface area contributed by atoms with Crippen LogP contribution in [0.2, 0.25) is 5.02 Å². The summed E-state index contributed by atoms with van der Waals surface area (Å²) < 4.78 is 0. The van der Waals surface area contributed by atoms with E-state index in [1.54, 1.807) is 0 Å².